The Morgan fingerprint density at radius 2 is 1.74 bits per heavy atom. The molecular weight excluding hydrogens is 338 g/mol. The number of likely N-dealkylation sites (N-methyl/N-ethyl adjacent to an activating group) is 1. The fraction of sp³-hybridized carbons (Fsp3) is 0.364. The van der Waals surface area contributed by atoms with E-state index in [0.29, 0.717) is 24.7 Å². The van der Waals surface area contributed by atoms with Gasteiger partial charge in [0.2, 0.25) is 5.91 Å². The zero-order valence-electron chi connectivity index (χ0n) is 16.0. The molecule has 0 saturated carbocycles. The maximum absolute atomic E-state index is 12.1. The molecule has 0 aromatic heterocycles. The van der Waals surface area contributed by atoms with Gasteiger partial charge in [-0.25, -0.2) is 0 Å². The minimum absolute atomic E-state index is 0.0357. The number of nitrogens with zero attached hydrogens (tertiary/aromatic N) is 1. The van der Waals surface area contributed by atoms with Gasteiger partial charge in [0.15, 0.2) is 0 Å². The van der Waals surface area contributed by atoms with Crippen LogP contribution in [0.4, 0.5) is 0 Å². The lowest BCUT2D eigenvalue weighted by Gasteiger charge is -2.34. The molecule has 0 saturated heterocycles. The molecule has 2 amide bonds. The molecule has 1 aliphatic rings. The summed E-state index contributed by atoms with van der Waals surface area (Å²) in [5, 5.41) is 5.80. The van der Waals surface area contributed by atoms with E-state index in [4.69, 9.17) is 0 Å². The number of aryl methyl sites for hydroxylation is 1. The van der Waals surface area contributed by atoms with E-state index in [9.17, 15) is 9.59 Å². The summed E-state index contributed by atoms with van der Waals surface area (Å²) in [6.07, 6.45) is 1.22. The molecule has 0 unspecified atom stereocenters. The highest BCUT2D eigenvalue weighted by Gasteiger charge is 2.23. The topological polar surface area (TPSA) is 61.4 Å². The third kappa shape index (κ3) is 5.17. The smallest absolute Gasteiger partial charge is 0.251 e. The molecule has 2 aromatic carbocycles. The van der Waals surface area contributed by atoms with Crippen LogP contribution in [0.1, 0.15) is 33.5 Å². The maximum atomic E-state index is 12.1. The van der Waals surface area contributed by atoms with Crippen LogP contribution in [0.5, 0.6) is 0 Å². The Bertz CT molecular complexity index is 801. The number of fused-ring (bicyclic) bond motifs is 1. The largest absolute Gasteiger partial charge is 0.354 e. The first-order chi connectivity index (χ1) is 13.0. The number of rotatable bonds is 6. The fourth-order valence-corrected chi connectivity index (χ4v) is 3.36. The summed E-state index contributed by atoms with van der Waals surface area (Å²) < 4.78 is 0. The molecule has 2 N–H and O–H groups in total. The summed E-state index contributed by atoms with van der Waals surface area (Å²) >= 11 is 0. The quantitative estimate of drug-likeness (QED) is 0.826. The molecule has 0 spiro atoms. The number of carbonyl (C=O) groups excluding carboxylic acids is 2. The van der Waals surface area contributed by atoms with Crippen LogP contribution in [0.25, 0.3) is 0 Å². The van der Waals surface area contributed by atoms with Gasteiger partial charge < -0.3 is 10.6 Å². The third-order valence-electron chi connectivity index (χ3n) is 5.10. The van der Waals surface area contributed by atoms with E-state index in [0.717, 1.165) is 18.5 Å². The van der Waals surface area contributed by atoms with Gasteiger partial charge >= 0.3 is 0 Å². The maximum Gasteiger partial charge on any atom is 0.251 e. The van der Waals surface area contributed by atoms with Gasteiger partial charge in [-0.15, -0.1) is 0 Å². The van der Waals surface area contributed by atoms with E-state index in [-0.39, 0.29) is 18.2 Å². The Labute approximate surface area is 160 Å². The molecule has 0 fully saturated rings. The van der Waals surface area contributed by atoms with E-state index in [1.807, 2.05) is 19.1 Å². The van der Waals surface area contributed by atoms with Crippen LogP contribution in [-0.4, -0.2) is 42.9 Å². The molecule has 2 aromatic rings. The van der Waals surface area contributed by atoms with Crippen LogP contribution < -0.4 is 10.6 Å². The number of carbonyl (C=O) groups is 2. The number of amides is 2. The first-order valence-corrected chi connectivity index (χ1v) is 9.41. The van der Waals surface area contributed by atoms with E-state index >= 15 is 0 Å². The molecule has 5 nitrogen and oxygen atoms in total. The van der Waals surface area contributed by atoms with Crippen LogP contribution >= 0.6 is 0 Å². The molecule has 0 bridgehead atoms. The van der Waals surface area contributed by atoms with Crippen LogP contribution in [0.15, 0.2) is 48.5 Å². The number of hydrogen-bond acceptors (Lipinski definition) is 3. The zero-order valence-corrected chi connectivity index (χ0v) is 16.0. The lowest BCUT2D eigenvalue weighted by Crippen LogP contribution is -2.45. The second kappa shape index (κ2) is 8.82. The molecule has 0 aliphatic carbocycles. The van der Waals surface area contributed by atoms with Gasteiger partial charge in [-0.2, -0.15) is 0 Å². The van der Waals surface area contributed by atoms with Crippen molar-refractivity contribution in [3.63, 3.8) is 0 Å². The predicted octanol–water partition coefficient (Wildman–Crippen LogP) is 2.29. The molecule has 3 rings (SSSR count). The van der Waals surface area contributed by atoms with Gasteiger partial charge in [0.25, 0.3) is 5.91 Å². The van der Waals surface area contributed by atoms with Crippen molar-refractivity contribution in [2.75, 3.05) is 20.1 Å². The van der Waals surface area contributed by atoms with Crippen molar-refractivity contribution in [1.29, 1.82) is 0 Å². The van der Waals surface area contributed by atoms with Crippen molar-refractivity contribution < 1.29 is 9.59 Å². The molecule has 27 heavy (non-hydrogen) atoms. The summed E-state index contributed by atoms with van der Waals surface area (Å²) in [5.41, 5.74) is 4.45. The summed E-state index contributed by atoms with van der Waals surface area (Å²) in [4.78, 5) is 26.5. The average molecular weight is 365 g/mol. The third-order valence-corrected chi connectivity index (χ3v) is 5.10. The van der Waals surface area contributed by atoms with Gasteiger partial charge in [0, 0.05) is 37.7 Å². The fourth-order valence-electron chi connectivity index (χ4n) is 3.36. The predicted molar refractivity (Wildman–Crippen MR) is 107 cm³/mol. The SMILES string of the molecule is Cc1ccc(C(=O)NCCC(=O)NC[C@H]2Cc3ccccc3CN2C)cc1. The highest BCUT2D eigenvalue weighted by atomic mass is 16.2. The van der Waals surface area contributed by atoms with Crippen LogP contribution in [0.2, 0.25) is 0 Å². The normalized spacial score (nSPS) is 16.4. The van der Waals surface area contributed by atoms with Gasteiger partial charge in [-0.3, -0.25) is 14.5 Å². The summed E-state index contributed by atoms with van der Waals surface area (Å²) in [6.45, 7) is 3.84. The molecule has 5 heteroatoms. The number of hydrogen-bond donors (Lipinski definition) is 2. The van der Waals surface area contributed by atoms with E-state index < -0.39 is 0 Å². The first-order valence-electron chi connectivity index (χ1n) is 9.41. The van der Waals surface area contributed by atoms with E-state index in [1.54, 1.807) is 12.1 Å². The Kier molecular flexibility index (Phi) is 6.24. The van der Waals surface area contributed by atoms with Crippen molar-refractivity contribution in [3.05, 3.63) is 70.8 Å². The molecule has 1 aliphatic heterocycles. The lowest BCUT2D eigenvalue weighted by atomic mass is 9.94. The Morgan fingerprint density at radius 1 is 1.04 bits per heavy atom. The first kappa shape index (κ1) is 19.1. The zero-order chi connectivity index (χ0) is 19.2. The van der Waals surface area contributed by atoms with E-state index in [1.165, 1.54) is 11.1 Å². The lowest BCUT2D eigenvalue weighted by molar-refractivity contribution is -0.121. The monoisotopic (exact) mass is 365 g/mol. The Balaban J connectivity index is 1.40. The number of benzene rings is 2. The summed E-state index contributed by atoms with van der Waals surface area (Å²) in [5.74, 6) is -0.183. The van der Waals surface area contributed by atoms with Gasteiger partial charge in [-0.1, -0.05) is 42.0 Å². The Hall–Kier alpha value is -2.66. The molecular formula is C22H27N3O2. The minimum Gasteiger partial charge on any atom is -0.354 e. The molecule has 1 heterocycles. The Morgan fingerprint density at radius 3 is 2.48 bits per heavy atom. The van der Waals surface area contributed by atoms with Crippen molar-refractivity contribution in [2.24, 2.45) is 0 Å². The van der Waals surface area contributed by atoms with E-state index in [2.05, 4.69) is 46.8 Å². The van der Waals surface area contributed by atoms with Gasteiger partial charge in [0.05, 0.1) is 0 Å². The van der Waals surface area contributed by atoms with Gasteiger partial charge in [0.1, 0.15) is 0 Å². The average Bonchev–Trinajstić information content (AvgIpc) is 2.66. The minimum atomic E-state index is -0.147. The van der Waals surface area contributed by atoms with Crippen molar-refractivity contribution in [1.82, 2.24) is 15.5 Å². The highest BCUT2D eigenvalue weighted by Crippen LogP contribution is 2.21. The summed E-state index contributed by atoms with van der Waals surface area (Å²) in [6, 6.07) is 16.2. The summed E-state index contributed by atoms with van der Waals surface area (Å²) in [7, 11) is 2.09. The van der Waals surface area contributed by atoms with Crippen LogP contribution in [0, 0.1) is 6.92 Å². The second-order valence-corrected chi connectivity index (χ2v) is 7.22. The van der Waals surface area contributed by atoms with Gasteiger partial charge in [-0.05, 0) is 43.7 Å². The van der Waals surface area contributed by atoms with Crippen LogP contribution in [0.3, 0.4) is 0 Å². The molecule has 142 valence electrons. The molecule has 1 atom stereocenters. The van der Waals surface area contributed by atoms with Crippen molar-refractivity contribution >= 4 is 11.8 Å². The second-order valence-electron chi connectivity index (χ2n) is 7.22. The van der Waals surface area contributed by atoms with Crippen molar-refractivity contribution in [3.8, 4) is 0 Å². The number of nitrogens with one attached hydrogen (secondary N) is 2. The highest BCUT2D eigenvalue weighted by molar-refractivity contribution is 5.94. The molecule has 0 radical (unpaired) electrons. The van der Waals surface area contributed by atoms with Crippen LogP contribution in [-0.2, 0) is 17.8 Å². The van der Waals surface area contributed by atoms with Crippen molar-refractivity contribution in [2.45, 2.75) is 32.4 Å². The standard InChI is InChI=1S/C22H27N3O2/c1-16-7-9-17(10-8-16)22(27)23-12-11-21(26)24-14-20-13-18-5-3-4-6-19(18)15-25(20)2/h3-10,20H,11-15H2,1-2H3,(H,23,27)(H,24,26)/t20-/m1/s1.